The van der Waals surface area contributed by atoms with Crippen LogP contribution in [-0.2, 0) is 17.3 Å². The van der Waals surface area contributed by atoms with E-state index in [1.54, 1.807) is 0 Å². The highest BCUT2D eigenvalue weighted by atomic mass is 35.5. The fourth-order valence-electron chi connectivity index (χ4n) is 16.4. The molecule has 496 valence electrons. The zero-order valence-electron chi connectivity index (χ0n) is 63.5. The molecule has 20 rings (SSSR count). The van der Waals surface area contributed by atoms with Crippen LogP contribution < -0.4 is 4.90 Å². The molecule has 105 heavy (non-hydrogen) atoms. The van der Waals surface area contributed by atoms with Crippen molar-refractivity contribution in [3.05, 3.63) is 485 Å². The predicted octanol–water partition coefficient (Wildman–Crippen LogP) is 27.4. The maximum atomic E-state index is 10.3. The summed E-state index contributed by atoms with van der Waals surface area (Å²) >= 11 is 6.01. The smallest absolute Gasteiger partial charge is 0.0714 e. The fraction of sp³-hybridized carbons (Fsp3) is 0.0291. The van der Waals surface area contributed by atoms with Crippen molar-refractivity contribution < 1.29 is 8.22 Å². The first-order valence-corrected chi connectivity index (χ1v) is 36.2. The summed E-state index contributed by atoms with van der Waals surface area (Å²) in [7, 11) is 0. The lowest BCUT2D eigenvalue weighted by Crippen LogP contribution is -2.28. The summed E-state index contributed by atoms with van der Waals surface area (Å²) < 4.78 is 57.4. The molecule has 2 heteroatoms. The Kier molecular flexibility index (Phi) is 15.3. The van der Waals surface area contributed by atoms with Crippen molar-refractivity contribution in [2.75, 3.05) is 4.90 Å². The Hall–Kier alpha value is -12.9. The molecule has 0 fully saturated rings. The van der Waals surface area contributed by atoms with Crippen LogP contribution in [0.25, 0.3) is 87.6 Å². The van der Waals surface area contributed by atoms with Gasteiger partial charge in [-0.2, -0.15) is 0 Å². The van der Waals surface area contributed by atoms with Crippen LogP contribution in [0.1, 0.15) is 63.9 Å². The van der Waals surface area contributed by atoms with Crippen LogP contribution in [0.3, 0.4) is 0 Å². The Labute approximate surface area is 627 Å². The van der Waals surface area contributed by atoms with Gasteiger partial charge in [-0.3, -0.25) is 0 Å². The van der Waals surface area contributed by atoms with E-state index in [1.165, 1.54) is 54.2 Å². The van der Waals surface area contributed by atoms with E-state index in [2.05, 4.69) is 206 Å². The van der Waals surface area contributed by atoms with E-state index < -0.39 is 10.8 Å². The van der Waals surface area contributed by atoms with E-state index >= 15 is 0 Å². The van der Waals surface area contributed by atoms with Crippen LogP contribution in [-0.4, -0.2) is 0 Å². The van der Waals surface area contributed by atoms with Crippen molar-refractivity contribution >= 4 is 71.8 Å². The summed E-state index contributed by atoms with van der Waals surface area (Å²) in [4.78, 5) is 2.00. The Morgan fingerprint density at radius 3 is 1.07 bits per heavy atom. The van der Waals surface area contributed by atoms with Gasteiger partial charge in [0, 0.05) is 22.1 Å². The molecule has 2 aliphatic rings. The number of halogens is 1. The van der Waals surface area contributed by atoms with Gasteiger partial charge in [0.15, 0.2) is 0 Å². The molecule has 0 aliphatic heterocycles. The van der Waals surface area contributed by atoms with E-state index in [4.69, 9.17) is 14.3 Å². The van der Waals surface area contributed by atoms with E-state index in [1.807, 2.05) is 187 Å². The topological polar surface area (TPSA) is 3.24 Å². The van der Waals surface area contributed by atoms with Crippen molar-refractivity contribution in [1.82, 2.24) is 0 Å². The summed E-state index contributed by atoms with van der Waals surface area (Å²) in [6.45, 7) is 0. The monoisotopic (exact) mass is 1360 g/mol. The van der Waals surface area contributed by atoms with Gasteiger partial charge in [-0.05, 0) is 210 Å². The molecule has 0 spiro atoms. The third-order valence-corrected chi connectivity index (χ3v) is 21.3. The lowest BCUT2D eigenvalue weighted by molar-refractivity contribution is 0.767. The van der Waals surface area contributed by atoms with Crippen LogP contribution in [0.5, 0.6) is 0 Å². The SMILES string of the molecule is Clc1ccc(-c2cc3ccccc3c3ccccc23)cc1.[2H]c1c([2H])c(N(c2ccccc2)c2ccc(-c3cc4ccccc4c4ccccc34)cc2)c([2H])c2c1-c1ccccc1C2(c1ccccc1)c1ccccc1.[2H]c1c([2H])c2c(c([2H])c1Cc1ccccc1)C(c1ccccc1)(c1ccccc1)c1ccccc1-2. The van der Waals surface area contributed by atoms with Crippen LogP contribution >= 0.6 is 11.6 Å². The quantitative estimate of drug-likeness (QED) is 0.117. The molecule has 18 aromatic carbocycles. The van der Waals surface area contributed by atoms with Gasteiger partial charge in [0.1, 0.15) is 0 Å². The number of fused-ring (bicyclic) bond motifs is 12. The van der Waals surface area contributed by atoms with Gasteiger partial charge in [0.25, 0.3) is 0 Å². The normalized spacial score (nSPS) is 13.4. The second kappa shape index (κ2) is 27.8. The largest absolute Gasteiger partial charge is 0.310 e. The third kappa shape index (κ3) is 11.5. The summed E-state index contributed by atoms with van der Waals surface area (Å²) in [5.74, 6) is 0. The molecule has 0 radical (unpaired) electrons. The van der Waals surface area contributed by atoms with Crippen molar-refractivity contribution in [3.63, 3.8) is 0 Å². The molecular weight excluding hydrogens is 1290 g/mol. The molecule has 0 unspecified atom stereocenters. The second-order valence-electron chi connectivity index (χ2n) is 26.9. The first kappa shape index (κ1) is 57.7. The molecule has 0 saturated carbocycles. The van der Waals surface area contributed by atoms with Gasteiger partial charge >= 0.3 is 0 Å². The fourth-order valence-corrected chi connectivity index (χ4v) is 16.5. The van der Waals surface area contributed by atoms with E-state index in [0.29, 0.717) is 34.8 Å². The van der Waals surface area contributed by atoms with Gasteiger partial charge in [-0.1, -0.05) is 375 Å². The maximum Gasteiger partial charge on any atom is 0.0714 e. The Morgan fingerprint density at radius 1 is 0.248 bits per heavy atom. The minimum absolute atomic E-state index is 0.0175. The van der Waals surface area contributed by atoms with E-state index in [0.717, 1.165) is 88.7 Å². The molecule has 0 amide bonds. The number of rotatable bonds is 11. The summed E-state index contributed by atoms with van der Waals surface area (Å²) in [6.07, 6.45) is 0.452. The number of anilines is 3. The van der Waals surface area contributed by atoms with Crippen molar-refractivity contribution in [2.24, 2.45) is 0 Å². The average molecular weight is 1370 g/mol. The predicted molar refractivity (Wildman–Crippen MR) is 444 cm³/mol. The van der Waals surface area contributed by atoms with Crippen LogP contribution in [0.4, 0.5) is 17.1 Å². The Balaban J connectivity index is 0.000000130. The average Bonchev–Trinajstić information content (AvgIpc) is 1.53. The molecule has 18 aromatic rings. The summed E-state index contributed by atoms with van der Waals surface area (Å²) in [5, 5.41) is 10.7. The molecule has 1 nitrogen and oxygen atoms in total. The highest BCUT2D eigenvalue weighted by Crippen LogP contribution is 2.59. The van der Waals surface area contributed by atoms with Crippen molar-refractivity contribution in [2.45, 2.75) is 17.3 Å². The lowest BCUT2D eigenvalue weighted by Gasteiger charge is -2.35. The minimum Gasteiger partial charge on any atom is -0.310 e. The Bertz CT molecular complexity index is 6460. The molecule has 0 N–H and O–H groups in total. The third-order valence-electron chi connectivity index (χ3n) is 21.0. The van der Waals surface area contributed by atoms with Gasteiger partial charge in [-0.25, -0.2) is 0 Å². The molecule has 0 heterocycles. The molecule has 0 atom stereocenters. The number of hydrogen-bond acceptors (Lipinski definition) is 1. The highest BCUT2D eigenvalue weighted by Gasteiger charge is 2.48. The number of benzene rings is 18. The minimum atomic E-state index is -0.882. The van der Waals surface area contributed by atoms with Crippen LogP contribution in [0.15, 0.2) is 425 Å². The van der Waals surface area contributed by atoms with Gasteiger partial charge in [0.05, 0.1) is 19.1 Å². The summed E-state index contributed by atoms with van der Waals surface area (Å²) in [6, 6.07) is 134. The standard InChI is InChI=1S/C51H35N.C32H24.C20H13Cl/c1-4-17-38(18-5-1)51(39-19-6-2-7-20-39)49-27-15-14-26-46(49)47-33-32-42(35-50(47)51)52(40-21-8-3-9-22-40)41-30-28-36(29-31-41)48-34-37-16-10-11-23-43(37)44-24-12-13-25-45(44)48;1-4-12-24(13-5-1)22-25-20-21-29-28-18-10-11-19-30(28)32(31(29)23-25,26-14-6-2-7-15-26)27-16-8-3-9-17-27;21-16-11-9-14(10-12-16)20-13-15-5-1-2-6-17(15)18-7-3-4-8-19(18)20/h1-35H;1-21,23H,22H2;1-13H/i32D,33D,35D;20D,21D,23D;. The van der Waals surface area contributed by atoms with Gasteiger partial charge in [0.2, 0.25) is 0 Å². The maximum absolute atomic E-state index is 10.3. The zero-order valence-corrected chi connectivity index (χ0v) is 58.2. The van der Waals surface area contributed by atoms with Gasteiger partial charge < -0.3 is 4.90 Å². The van der Waals surface area contributed by atoms with Crippen molar-refractivity contribution in [1.29, 1.82) is 0 Å². The molecule has 0 bridgehead atoms. The molecular formula is C103H72ClN. The van der Waals surface area contributed by atoms with E-state index in [-0.39, 0.29) is 30.2 Å². The second-order valence-corrected chi connectivity index (χ2v) is 27.3. The summed E-state index contributed by atoms with van der Waals surface area (Å²) in [5.41, 5.74) is 17.6. The van der Waals surface area contributed by atoms with E-state index in [9.17, 15) is 5.48 Å². The number of hydrogen-bond donors (Lipinski definition) is 0. The Morgan fingerprint density at radius 2 is 0.600 bits per heavy atom. The number of para-hydroxylation sites is 1. The van der Waals surface area contributed by atoms with Gasteiger partial charge in [-0.15, -0.1) is 0 Å². The first-order chi connectivity index (χ1) is 54.5. The molecule has 2 aliphatic carbocycles. The molecule has 0 aromatic heterocycles. The highest BCUT2D eigenvalue weighted by molar-refractivity contribution is 6.30. The van der Waals surface area contributed by atoms with Crippen LogP contribution in [0.2, 0.25) is 5.02 Å². The van der Waals surface area contributed by atoms with Crippen molar-refractivity contribution in [3.8, 4) is 44.5 Å². The number of nitrogens with zero attached hydrogens (tertiary/aromatic N) is 1. The van der Waals surface area contributed by atoms with Crippen LogP contribution in [0, 0.1) is 0 Å². The zero-order chi connectivity index (χ0) is 75.3. The molecule has 0 saturated heterocycles. The first-order valence-electron chi connectivity index (χ1n) is 38.8. The lowest BCUT2D eigenvalue weighted by atomic mass is 9.67.